The third-order valence-electron chi connectivity index (χ3n) is 11.2. The minimum Gasteiger partial charge on any atom is -0.366 e. The molecule has 50 heavy (non-hydrogen) atoms. The maximum Gasteiger partial charge on any atom is 0.0834 e. The van der Waals surface area contributed by atoms with Crippen molar-refractivity contribution >= 4 is 21.5 Å². The molecule has 0 aromatic heterocycles. The zero-order valence-electron chi connectivity index (χ0n) is 27.8. The summed E-state index contributed by atoms with van der Waals surface area (Å²) in [5.41, 5.74) is 12.5. The third kappa shape index (κ3) is 4.51. The van der Waals surface area contributed by atoms with Gasteiger partial charge in [0, 0.05) is 0 Å². The summed E-state index contributed by atoms with van der Waals surface area (Å²) in [5.74, 6) is 0. The molecule has 8 aromatic carbocycles. The minimum absolute atomic E-state index is 0.0493. The standard InChI is InChI=1S/C49H36O/c1-3-12-39(13-4-1)49(40-14-5-2-6-15-40)45-18-10-9-17-43(45)44-28-26-38(32-46(44)49)48-30-29-47(50-48)35-22-19-33(20-23-35)36-25-27-42-37(31-36)24-21-34-11-7-8-16-41(34)42/h1-28,31-32,47-48H,29-30H2. The Labute approximate surface area is 293 Å². The number of rotatable bonds is 5. The van der Waals surface area contributed by atoms with Gasteiger partial charge in [-0.05, 0) is 96.1 Å². The van der Waals surface area contributed by atoms with Gasteiger partial charge in [-0.25, -0.2) is 0 Å². The van der Waals surface area contributed by atoms with Crippen LogP contribution in [0.3, 0.4) is 0 Å². The van der Waals surface area contributed by atoms with E-state index in [1.54, 1.807) is 0 Å². The molecule has 1 saturated heterocycles. The average molecular weight is 641 g/mol. The van der Waals surface area contributed by atoms with Gasteiger partial charge in [0.15, 0.2) is 0 Å². The predicted octanol–water partition coefficient (Wildman–Crippen LogP) is 12.6. The zero-order chi connectivity index (χ0) is 33.1. The summed E-state index contributed by atoms with van der Waals surface area (Å²) in [6.45, 7) is 0. The molecule has 1 fully saturated rings. The molecule has 0 radical (unpaired) electrons. The third-order valence-corrected chi connectivity index (χ3v) is 11.2. The topological polar surface area (TPSA) is 9.23 Å². The van der Waals surface area contributed by atoms with Crippen molar-refractivity contribution in [2.75, 3.05) is 0 Å². The minimum atomic E-state index is -0.395. The lowest BCUT2D eigenvalue weighted by atomic mass is 9.67. The Hall–Kier alpha value is -5.76. The largest absolute Gasteiger partial charge is 0.366 e. The van der Waals surface area contributed by atoms with Crippen LogP contribution in [-0.4, -0.2) is 0 Å². The molecule has 0 spiro atoms. The fraction of sp³-hybridized carbons (Fsp3) is 0.102. The second-order valence-corrected chi connectivity index (χ2v) is 13.9. The van der Waals surface area contributed by atoms with Gasteiger partial charge in [0.2, 0.25) is 0 Å². The molecule has 1 heteroatoms. The van der Waals surface area contributed by atoms with E-state index in [1.165, 1.54) is 77.2 Å². The van der Waals surface area contributed by atoms with Gasteiger partial charge in [-0.3, -0.25) is 0 Å². The Kier molecular flexibility index (Phi) is 6.82. The van der Waals surface area contributed by atoms with Gasteiger partial charge < -0.3 is 4.74 Å². The first-order valence-electron chi connectivity index (χ1n) is 17.8. The molecule has 0 bridgehead atoms. The first-order valence-corrected chi connectivity index (χ1v) is 17.8. The Morgan fingerprint density at radius 3 is 1.76 bits per heavy atom. The van der Waals surface area contributed by atoms with Gasteiger partial charge in [0.25, 0.3) is 0 Å². The Bertz CT molecular complexity index is 2470. The molecule has 8 aromatic rings. The van der Waals surface area contributed by atoms with E-state index in [2.05, 4.69) is 182 Å². The second-order valence-electron chi connectivity index (χ2n) is 13.9. The molecule has 1 aliphatic heterocycles. The summed E-state index contributed by atoms with van der Waals surface area (Å²) in [5, 5.41) is 5.16. The highest BCUT2D eigenvalue weighted by Crippen LogP contribution is 2.57. The SMILES string of the molecule is c1ccc(C2(c3ccccc3)c3ccccc3-c3ccc(C4CCC(c5ccc(-c6ccc7c(ccc8ccccc87)c6)cc5)O4)cc32)cc1. The molecule has 0 saturated carbocycles. The summed E-state index contributed by atoms with van der Waals surface area (Å²) >= 11 is 0. The first kappa shape index (κ1) is 29.2. The molecule has 2 atom stereocenters. The highest BCUT2D eigenvalue weighted by molar-refractivity contribution is 6.08. The average Bonchev–Trinajstić information content (AvgIpc) is 3.81. The van der Waals surface area contributed by atoms with Crippen LogP contribution in [-0.2, 0) is 10.2 Å². The van der Waals surface area contributed by atoms with Crippen molar-refractivity contribution in [3.05, 3.63) is 215 Å². The molecular weight excluding hydrogens is 605 g/mol. The molecule has 2 aliphatic rings. The number of hydrogen-bond acceptors (Lipinski definition) is 1. The lowest BCUT2D eigenvalue weighted by Crippen LogP contribution is -2.28. The van der Waals surface area contributed by atoms with Gasteiger partial charge >= 0.3 is 0 Å². The predicted molar refractivity (Wildman–Crippen MR) is 206 cm³/mol. The fourth-order valence-electron chi connectivity index (χ4n) is 8.87. The van der Waals surface area contributed by atoms with Crippen molar-refractivity contribution in [2.24, 2.45) is 0 Å². The van der Waals surface area contributed by atoms with Crippen molar-refractivity contribution in [3.8, 4) is 22.3 Å². The quantitative estimate of drug-likeness (QED) is 0.170. The van der Waals surface area contributed by atoms with Crippen LogP contribution in [0.1, 0.15) is 58.4 Å². The van der Waals surface area contributed by atoms with Crippen molar-refractivity contribution < 1.29 is 4.74 Å². The summed E-state index contributed by atoms with van der Waals surface area (Å²) in [6, 6.07) is 67.1. The van der Waals surface area contributed by atoms with E-state index in [0.717, 1.165) is 12.8 Å². The van der Waals surface area contributed by atoms with Crippen LogP contribution >= 0.6 is 0 Å². The van der Waals surface area contributed by atoms with Crippen molar-refractivity contribution in [2.45, 2.75) is 30.5 Å². The molecule has 1 heterocycles. The molecule has 1 aliphatic carbocycles. The number of ether oxygens (including phenoxy) is 1. The Balaban J connectivity index is 0.969. The van der Waals surface area contributed by atoms with E-state index in [9.17, 15) is 0 Å². The summed E-state index contributed by atoms with van der Waals surface area (Å²) in [4.78, 5) is 0. The van der Waals surface area contributed by atoms with E-state index in [1.807, 2.05) is 0 Å². The molecule has 0 amide bonds. The van der Waals surface area contributed by atoms with Crippen LogP contribution < -0.4 is 0 Å². The normalized spacial score (nSPS) is 17.5. The summed E-state index contributed by atoms with van der Waals surface area (Å²) < 4.78 is 6.89. The van der Waals surface area contributed by atoms with E-state index >= 15 is 0 Å². The van der Waals surface area contributed by atoms with Crippen LogP contribution in [0.4, 0.5) is 0 Å². The van der Waals surface area contributed by atoms with Crippen LogP contribution in [0.5, 0.6) is 0 Å². The van der Waals surface area contributed by atoms with Crippen LogP contribution in [0.25, 0.3) is 43.8 Å². The highest BCUT2D eigenvalue weighted by atomic mass is 16.5. The molecule has 0 N–H and O–H groups in total. The zero-order valence-corrected chi connectivity index (χ0v) is 27.8. The lowest BCUT2D eigenvalue weighted by Gasteiger charge is -2.34. The lowest BCUT2D eigenvalue weighted by molar-refractivity contribution is 0.0440. The van der Waals surface area contributed by atoms with Crippen molar-refractivity contribution in [3.63, 3.8) is 0 Å². The van der Waals surface area contributed by atoms with E-state index in [-0.39, 0.29) is 12.2 Å². The number of benzene rings is 8. The Morgan fingerprint density at radius 2 is 0.980 bits per heavy atom. The monoisotopic (exact) mass is 640 g/mol. The molecule has 10 rings (SSSR count). The maximum absolute atomic E-state index is 6.89. The van der Waals surface area contributed by atoms with Crippen LogP contribution in [0, 0.1) is 0 Å². The van der Waals surface area contributed by atoms with Crippen molar-refractivity contribution in [1.82, 2.24) is 0 Å². The fourth-order valence-corrected chi connectivity index (χ4v) is 8.87. The van der Waals surface area contributed by atoms with Gasteiger partial charge in [0.1, 0.15) is 0 Å². The summed E-state index contributed by atoms with van der Waals surface area (Å²) in [7, 11) is 0. The number of hydrogen-bond donors (Lipinski definition) is 0. The molecule has 1 nitrogen and oxygen atoms in total. The first-order chi connectivity index (χ1) is 24.8. The van der Waals surface area contributed by atoms with Crippen molar-refractivity contribution in [1.29, 1.82) is 0 Å². The highest BCUT2D eigenvalue weighted by Gasteiger charge is 2.46. The smallest absolute Gasteiger partial charge is 0.0834 e. The van der Waals surface area contributed by atoms with Gasteiger partial charge in [-0.2, -0.15) is 0 Å². The molecular formula is C49H36O. The van der Waals surface area contributed by atoms with E-state index in [4.69, 9.17) is 4.74 Å². The van der Waals surface area contributed by atoms with Gasteiger partial charge in [-0.1, -0.05) is 176 Å². The van der Waals surface area contributed by atoms with Crippen LogP contribution in [0.2, 0.25) is 0 Å². The number of fused-ring (bicyclic) bond motifs is 6. The maximum atomic E-state index is 6.89. The van der Waals surface area contributed by atoms with Gasteiger partial charge in [-0.15, -0.1) is 0 Å². The second kappa shape index (κ2) is 11.7. The Morgan fingerprint density at radius 1 is 0.400 bits per heavy atom. The van der Waals surface area contributed by atoms with Crippen LogP contribution in [0.15, 0.2) is 182 Å². The summed E-state index contributed by atoms with van der Waals surface area (Å²) in [6.07, 6.45) is 2.14. The van der Waals surface area contributed by atoms with E-state index < -0.39 is 5.41 Å². The molecule has 2 unspecified atom stereocenters. The molecule has 238 valence electrons. The van der Waals surface area contributed by atoms with E-state index in [0.29, 0.717) is 0 Å². The van der Waals surface area contributed by atoms with Gasteiger partial charge in [0.05, 0.1) is 17.6 Å².